The second-order valence-electron chi connectivity index (χ2n) is 10.9. The molecule has 1 aromatic heterocycles. The van der Waals surface area contributed by atoms with Crippen LogP contribution in [0.1, 0.15) is 36.3 Å². The number of carbonyl (C=O) groups excluding carboxylic acids is 3. The molecule has 5 amide bonds. The number of carbonyl (C=O) groups is 4. The Morgan fingerprint density at radius 1 is 1.05 bits per heavy atom. The molecule has 0 bridgehead atoms. The van der Waals surface area contributed by atoms with E-state index in [1.54, 1.807) is 11.7 Å². The third kappa shape index (κ3) is 5.67. The summed E-state index contributed by atoms with van der Waals surface area (Å²) in [6.07, 6.45) is -0.979. The molecule has 0 unspecified atom stereocenters. The predicted octanol–water partition coefficient (Wildman–Crippen LogP) is 4.74. The van der Waals surface area contributed by atoms with Gasteiger partial charge in [-0.05, 0) is 23.5 Å². The van der Waals surface area contributed by atoms with Gasteiger partial charge in [0.2, 0.25) is 0 Å². The van der Waals surface area contributed by atoms with Gasteiger partial charge in [0.05, 0.1) is 5.51 Å². The Bertz CT molecular complexity index is 1400. The van der Waals surface area contributed by atoms with Gasteiger partial charge in [0.1, 0.15) is 17.7 Å². The lowest BCUT2D eigenvalue weighted by atomic mass is 9.78. The normalized spacial score (nSPS) is 23.1. The van der Waals surface area contributed by atoms with Crippen molar-refractivity contribution in [1.82, 2.24) is 20.1 Å². The first kappa shape index (κ1) is 28.3. The van der Waals surface area contributed by atoms with Crippen molar-refractivity contribution < 1.29 is 29.0 Å². The van der Waals surface area contributed by atoms with Crippen LogP contribution >= 0.6 is 11.3 Å². The number of cyclic esters (lactones) is 1. The molecule has 2 aliphatic rings. The van der Waals surface area contributed by atoms with E-state index in [1.165, 1.54) is 16.2 Å². The van der Waals surface area contributed by atoms with Crippen LogP contribution in [0.25, 0.3) is 0 Å². The molecule has 2 fully saturated rings. The number of nitrogens with one attached hydrogen (secondary N) is 1. The van der Waals surface area contributed by atoms with Gasteiger partial charge in [-0.15, -0.1) is 11.3 Å². The zero-order chi connectivity index (χ0) is 29.1. The van der Waals surface area contributed by atoms with Gasteiger partial charge in [0.15, 0.2) is 0 Å². The molecular formula is C30H32N4O6S. The standard InChI is InChI=1S/C30H32N4O6S/c1-19(2)25-26(35)33(27(36)32-25)22(13-20-9-5-3-6-10-20)14-24-30(16-23-17-31-18-41-23,15-21-11-7-4-8-12-21)34(28(37)38)29(39)40-24/h3-12,17-19,22,24-25H,13-16H2,1-2H3,(H,32,36)(H,37,38)/t22-,24-,25-,30-/m0/s1. The Hall–Kier alpha value is -4.25. The molecular weight excluding hydrogens is 544 g/mol. The molecule has 0 aliphatic carbocycles. The van der Waals surface area contributed by atoms with E-state index in [2.05, 4.69) is 10.3 Å². The number of benzene rings is 2. The minimum Gasteiger partial charge on any atom is -0.465 e. The van der Waals surface area contributed by atoms with E-state index in [0.717, 1.165) is 20.9 Å². The molecule has 41 heavy (non-hydrogen) atoms. The molecule has 5 rings (SSSR count). The van der Waals surface area contributed by atoms with Crippen LogP contribution in [0.5, 0.6) is 0 Å². The van der Waals surface area contributed by atoms with Crippen LogP contribution in [0, 0.1) is 5.92 Å². The SMILES string of the molecule is CC(C)[C@@H]1NC(=O)N([C@@H](Cc2ccccc2)C[C@@H]2OC(=O)N(C(=O)O)[C@@]2(Cc2ccccc2)Cc2cncs2)C1=O. The van der Waals surface area contributed by atoms with E-state index in [4.69, 9.17) is 4.74 Å². The number of thiazole rings is 1. The summed E-state index contributed by atoms with van der Waals surface area (Å²) in [7, 11) is 0. The fraction of sp³-hybridized carbons (Fsp3) is 0.367. The number of hydrogen-bond acceptors (Lipinski definition) is 7. The average Bonchev–Trinajstić information content (AvgIpc) is 3.62. The summed E-state index contributed by atoms with van der Waals surface area (Å²) in [5.74, 6) is -0.467. The van der Waals surface area contributed by atoms with Gasteiger partial charge < -0.3 is 15.2 Å². The lowest BCUT2D eigenvalue weighted by molar-refractivity contribution is -0.130. The number of nitrogens with zero attached hydrogens (tertiary/aromatic N) is 3. The summed E-state index contributed by atoms with van der Waals surface area (Å²) in [4.78, 5) is 59.6. The van der Waals surface area contributed by atoms with Crippen LogP contribution in [0.15, 0.2) is 72.4 Å². The fourth-order valence-electron chi connectivity index (χ4n) is 5.90. The maximum Gasteiger partial charge on any atom is 0.420 e. The zero-order valence-electron chi connectivity index (χ0n) is 22.8. The monoisotopic (exact) mass is 576 g/mol. The molecule has 2 aliphatic heterocycles. The van der Waals surface area contributed by atoms with Crippen molar-refractivity contribution >= 4 is 35.5 Å². The number of imide groups is 2. The highest BCUT2D eigenvalue weighted by Gasteiger charge is 2.59. The summed E-state index contributed by atoms with van der Waals surface area (Å²) in [6, 6.07) is 16.9. The van der Waals surface area contributed by atoms with Gasteiger partial charge in [-0.2, -0.15) is 0 Å². The van der Waals surface area contributed by atoms with Crippen molar-refractivity contribution in [2.75, 3.05) is 0 Å². The smallest absolute Gasteiger partial charge is 0.420 e. The first-order valence-corrected chi connectivity index (χ1v) is 14.4. The number of rotatable bonds is 10. The maximum atomic E-state index is 13.5. The van der Waals surface area contributed by atoms with E-state index >= 15 is 0 Å². The quantitative estimate of drug-likeness (QED) is 0.334. The van der Waals surface area contributed by atoms with Crippen molar-refractivity contribution in [2.24, 2.45) is 5.92 Å². The molecule has 2 N–H and O–H groups in total. The van der Waals surface area contributed by atoms with Crippen molar-refractivity contribution in [3.8, 4) is 0 Å². The van der Waals surface area contributed by atoms with Gasteiger partial charge in [-0.3, -0.25) is 14.7 Å². The number of aromatic nitrogens is 1. The Balaban J connectivity index is 1.59. The summed E-state index contributed by atoms with van der Waals surface area (Å²) in [5.41, 5.74) is 2.02. The molecule has 0 saturated carbocycles. The van der Waals surface area contributed by atoms with Gasteiger partial charge in [-0.1, -0.05) is 74.5 Å². The number of urea groups is 1. The predicted molar refractivity (Wildman–Crippen MR) is 151 cm³/mol. The number of carboxylic acid groups (broad SMARTS) is 1. The van der Waals surface area contributed by atoms with Crippen molar-refractivity contribution in [3.05, 3.63) is 88.4 Å². The Morgan fingerprint density at radius 2 is 1.71 bits per heavy atom. The topological polar surface area (TPSA) is 129 Å². The highest BCUT2D eigenvalue weighted by atomic mass is 32.1. The van der Waals surface area contributed by atoms with E-state index < -0.39 is 41.9 Å². The molecule has 3 heterocycles. The minimum absolute atomic E-state index is 0.0556. The minimum atomic E-state index is -1.42. The van der Waals surface area contributed by atoms with E-state index in [9.17, 15) is 24.3 Å². The van der Waals surface area contributed by atoms with E-state index in [1.807, 2.05) is 74.5 Å². The molecule has 214 valence electrons. The van der Waals surface area contributed by atoms with Crippen molar-refractivity contribution in [1.29, 1.82) is 0 Å². The Labute approximate surface area is 241 Å². The summed E-state index contributed by atoms with van der Waals surface area (Å²) in [5, 5.41) is 13.1. The van der Waals surface area contributed by atoms with Crippen LogP contribution in [0.2, 0.25) is 0 Å². The highest BCUT2D eigenvalue weighted by molar-refractivity contribution is 7.09. The van der Waals surface area contributed by atoms with Crippen molar-refractivity contribution in [3.63, 3.8) is 0 Å². The van der Waals surface area contributed by atoms with Crippen LogP contribution in [0.4, 0.5) is 14.4 Å². The van der Waals surface area contributed by atoms with Crippen LogP contribution in [-0.4, -0.2) is 67.7 Å². The molecule has 2 aromatic carbocycles. The Morgan fingerprint density at radius 3 is 2.27 bits per heavy atom. The first-order chi connectivity index (χ1) is 19.7. The summed E-state index contributed by atoms with van der Waals surface area (Å²) >= 11 is 1.36. The first-order valence-electron chi connectivity index (χ1n) is 13.5. The summed E-state index contributed by atoms with van der Waals surface area (Å²) in [6.45, 7) is 3.73. The lowest BCUT2D eigenvalue weighted by Crippen LogP contribution is -2.58. The molecule has 10 nitrogen and oxygen atoms in total. The maximum absolute atomic E-state index is 13.5. The highest BCUT2D eigenvalue weighted by Crippen LogP contribution is 2.41. The molecule has 2 saturated heterocycles. The fourth-order valence-corrected chi connectivity index (χ4v) is 6.61. The van der Waals surface area contributed by atoms with Crippen LogP contribution < -0.4 is 5.32 Å². The third-order valence-corrected chi connectivity index (χ3v) is 8.59. The van der Waals surface area contributed by atoms with Crippen molar-refractivity contribution in [2.45, 2.75) is 63.3 Å². The number of hydrogen-bond donors (Lipinski definition) is 2. The van der Waals surface area contributed by atoms with Gasteiger partial charge in [-0.25, -0.2) is 19.3 Å². The van der Waals surface area contributed by atoms with Crippen LogP contribution in [0.3, 0.4) is 0 Å². The zero-order valence-corrected chi connectivity index (χ0v) is 23.6. The largest absolute Gasteiger partial charge is 0.465 e. The lowest BCUT2D eigenvalue weighted by Gasteiger charge is -2.39. The molecule has 3 aromatic rings. The van der Waals surface area contributed by atoms with E-state index in [-0.39, 0.29) is 31.1 Å². The average molecular weight is 577 g/mol. The molecule has 0 radical (unpaired) electrons. The second-order valence-corrected chi connectivity index (χ2v) is 11.8. The second kappa shape index (κ2) is 11.7. The van der Waals surface area contributed by atoms with Gasteiger partial charge in [0.25, 0.3) is 5.91 Å². The van der Waals surface area contributed by atoms with E-state index in [0.29, 0.717) is 6.42 Å². The summed E-state index contributed by atoms with van der Waals surface area (Å²) < 4.78 is 5.87. The third-order valence-electron chi connectivity index (χ3n) is 7.81. The molecule has 4 atom stereocenters. The van der Waals surface area contributed by atoms with Gasteiger partial charge >= 0.3 is 18.2 Å². The van der Waals surface area contributed by atoms with Gasteiger partial charge in [0, 0.05) is 36.4 Å². The number of amides is 5. The number of ether oxygens (including phenoxy) is 1. The Kier molecular flexibility index (Phi) is 8.07. The molecule has 11 heteroatoms. The molecule has 0 spiro atoms. The van der Waals surface area contributed by atoms with Crippen LogP contribution in [-0.2, 0) is 28.8 Å².